The molecule has 0 fully saturated rings. The maximum atomic E-state index is 12.2. The zero-order chi connectivity index (χ0) is 17.8. The standard InChI is InChI=1S/C19H17N3O4/c23-17(20-14-6-7-15-16(12-14)25-11-10-24-15)8-9-18-21-19(22-26-18)13-4-2-1-3-5-13/h1-7,12H,8-11H2,(H,20,23). The number of carbonyl (C=O) groups is 1. The van der Waals surface area contributed by atoms with E-state index in [1.807, 2.05) is 30.3 Å². The predicted molar refractivity (Wildman–Crippen MR) is 94.1 cm³/mol. The van der Waals surface area contributed by atoms with Crippen molar-refractivity contribution in [3.63, 3.8) is 0 Å². The van der Waals surface area contributed by atoms with E-state index in [0.717, 1.165) is 5.56 Å². The average Bonchev–Trinajstić information content (AvgIpc) is 3.16. The molecule has 4 rings (SSSR count). The number of amides is 1. The van der Waals surface area contributed by atoms with Gasteiger partial charge in [0.05, 0.1) is 0 Å². The summed E-state index contributed by atoms with van der Waals surface area (Å²) in [4.78, 5) is 16.5. The number of anilines is 1. The minimum atomic E-state index is -0.138. The molecule has 0 aliphatic carbocycles. The number of hydrogen-bond donors (Lipinski definition) is 1. The van der Waals surface area contributed by atoms with Gasteiger partial charge in [-0.2, -0.15) is 4.98 Å². The maximum Gasteiger partial charge on any atom is 0.227 e. The molecule has 132 valence electrons. The largest absolute Gasteiger partial charge is 0.486 e. The van der Waals surface area contributed by atoms with Crippen LogP contribution in [0, 0.1) is 0 Å². The summed E-state index contributed by atoms with van der Waals surface area (Å²) in [6.07, 6.45) is 0.612. The molecule has 1 N–H and O–H groups in total. The third-order valence-corrected chi connectivity index (χ3v) is 3.89. The number of nitrogens with one attached hydrogen (secondary N) is 1. The van der Waals surface area contributed by atoms with Crippen molar-refractivity contribution >= 4 is 11.6 Å². The lowest BCUT2D eigenvalue weighted by molar-refractivity contribution is -0.116. The van der Waals surface area contributed by atoms with E-state index in [9.17, 15) is 4.79 Å². The average molecular weight is 351 g/mol. The lowest BCUT2D eigenvalue weighted by Gasteiger charge is -2.18. The van der Waals surface area contributed by atoms with E-state index in [1.54, 1.807) is 18.2 Å². The number of fused-ring (bicyclic) bond motifs is 1. The summed E-state index contributed by atoms with van der Waals surface area (Å²) in [7, 11) is 0. The number of benzene rings is 2. The van der Waals surface area contributed by atoms with Gasteiger partial charge >= 0.3 is 0 Å². The van der Waals surface area contributed by atoms with Crippen LogP contribution in [-0.2, 0) is 11.2 Å². The molecule has 1 amide bonds. The van der Waals surface area contributed by atoms with Crippen LogP contribution >= 0.6 is 0 Å². The molecule has 0 bridgehead atoms. The molecule has 1 aliphatic heterocycles. The van der Waals surface area contributed by atoms with E-state index >= 15 is 0 Å². The van der Waals surface area contributed by atoms with Crippen molar-refractivity contribution in [2.24, 2.45) is 0 Å². The van der Waals surface area contributed by atoms with Crippen LogP contribution in [0.5, 0.6) is 11.5 Å². The number of rotatable bonds is 5. The number of hydrogen-bond acceptors (Lipinski definition) is 6. The fourth-order valence-corrected chi connectivity index (χ4v) is 2.63. The van der Waals surface area contributed by atoms with Gasteiger partial charge < -0.3 is 19.3 Å². The molecule has 7 heteroatoms. The van der Waals surface area contributed by atoms with Crippen LogP contribution in [-0.4, -0.2) is 29.3 Å². The maximum absolute atomic E-state index is 12.2. The Labute approximate surface area is 149 Å². The number of aryl methyl sites for hydroxylation is 1. The highest BCUT2D eigenvalue weighted by molar-refractivity contribution is 5.91. The monoisotopic (exact) mass is 351 g/mol. The first kappa shape index (κ1) is 16.1. The number of aromatic nitrogens is 2. The molecule has 1 aliphatic rings. The Morgan fingerprint density at radius 3 is 2.69 bits per heavy atom. The van der Waals surface area contributed by atoms with Crippen LogP contribution in [0.1, 0.15) is 12.3 Å². The predicted octanol–water partition coefficient (Wildman–Crippen LogP) is 3.08. The lowest BCUT2D eigenvalue weighted by Crippen LogP contribution is -2.16. The van der Waals surface area contributed by atoms with Gasteiger partial charge in [-0.25, -0.2) is 0 Å². The Bertz CT molecular complexity index is 908. The van der Waals surface area contributed by atoms with Gasteiger partial charge in [0.2, 0.25) is 17.6 Å². The molecule has 26 heavy (non-hydrogen) atoms. The molecule has 2 aromatic carbocycles. The molecule has 0 atom stereocenters. The van der Waals surface area contributed by atoms with Crippen molar-refractivity contribution in [1.82, 2.24) is 10.1 Å². The highest BCUT2D eigenvalue weighted by Gasteiger charge is 2.14. The van der Waals surface area contributed by atoms with Crippen molar-refractivity contribution in [2.45, 2.75) is 12.8 Å². The first-order valence-corrected chi connectivity index (χ1v) is 8.35. The molecule has 0 saturated carbocycles. The molecule has 1 aromatic heterocycles. The Hall–Kier alpha value is -3.35. The Kier molecular flexibility index (Phi) is 4.51. The number of nitrogens with zero attached hydrogens (tertiary/aromatic N) is 2. The van der Waals surface area contributed by atoms with Gasteiger partial charge in [0.25, 0.3) is 0 Å². The van der Waals surface area contributed by atoms with E-state index in [4.69, 9.17) is 14.0 Å². The first-order valence-electron chi connectivity index (χ1n) is 8.35. The Morgan fingerprint density at radius 1 is 1.04 bits per heavy atom. The van der Waals surface area contributed by atoms with Crippen molar-refractivity contribution in [1.29, 1.82) is 0 Å². The Morgan fingerprint density at radius 2 is 1.85 bits per heavy atom. The SMILES string of the molecule is O=C(CCc1nc(-c2ccccc2)no1)Nc1ccc2c(c1)OCCO2. The van der Waals surface area contributed by atoms with Gasteiger partial charge in [-0.05, 0) is 12.1 Å². The van der Waals surface area contributed by atoms with Gasteiger partial charge in [-0.3, -0.25) is 4.79 Å². The van der Waals surface area contributed by atoms with E-state index in [1.165, 1.54) is 0 Å². The Balaban J connectivity index is 1.34. The quantitative estimate of drug-likeness (QED) is 0.760. The summed E-state index contributed by atoms with van der Waals surface area (Å²) < 4.78 is 16.2. The van der Waals surface area contributed by atoms with Crippen LogP contribution in [0.25, 0.3) is 11.4 Å². The third kappa shape index (κ3) is 3.66. The molecule has 0 unspecified atom stereocenters. The zero-order valence-electron chi connectivity index (χ0n) is 14.0. The third-order valence-electron chi connectivity index (χ3n) is 3.89. The van der Waals surface area contributed by atoms with Crippen molar-refractivity contribution in [3.05, 3.63) is 54.4 Å². The normalized spacial score (nSPS) is 12.6. The van der Waals surface area contributed by atoms with Crippen molar-refractivity contribution < 1.29 is 18.8 Å². The fourth-order valence-electron chi connectivity index (χ4n) is 2.63. The molecule has 7 nitrogen and oxygen atoms in total. The second-order valence-electron chi connectivity index (χ2n) is 5.78. The highest BCUT2D eigenvalue weighted by Crippen LogP contribution is 2.32. The van der Waals surface area contributed by atoms with Crippen molar-refractivity contribution in [3.8, 4) is 22.9 Å². The van der Waals surface area contributed by atoms with Crippen LogP contribution in [0.2, 0.25) is 0 Å². The lowest BCUT2D eigenvalue weighted by atomic mass is 10.2. The van der Waals surface area contributed by atoms with Gasteiger partial charge in [0, 0.05) is 30.2 Å². The molecule has 0 radical (unpaired) electrons. The topological polar surface area (TPSA) is 86.5 Å². The molecule has 3 aromatic rings. The van der Waals surface area contributed by atoms with Crippen LogP contribution in [0.15, 0.2) is 53.1 Å². The summed E-state index contributed by atoms with van der Waals surface area (Å²) in [6.45, 7) is 1.04. The zero-order valence-corrected chi connectivity index (χ0v) is 14.0. The fraction of sp³-hybridized carbons (Fsp3) is 0.211. The van der Waals surface area contributed by atoms with Gasteiger partial charge in [0.1, 0.15) is 13.2 Å². The van der Waals surface area contributed by atoms with Crippen LogP contribution in [0.3, 0.4) is 0 Å². The summed E-state index contributed by atoms with van der Waals surface area (Å²) >= 11 is 0. The van der Waals surface area contributed by atoms with Crippen LogP contribution < -0.4 is 14.8 Å². The minimum absolute atomic E-state index is 0.138. The smallest absolute Gasteiger partial charge is 0.227 e. The van der Waals surface area contributed by atoms with Gasteiger partial charge in [0.15, 0.2) is 11.5 Å². The summed E-state index contributed by atoms with van der Waals surface area (Å²) in [5.74, 6) is 2.14. The molecule has 0 saturated heterocycles. The van der Waals surface area contributed by atoms with Gasteiger partial charge in [-0.15, -0.1) is 0 Å². The van der Waals surface area contributed by atoms with E-state index in [-0.39, 0.29) is 12.3 Å². The molecule has 0 spiro atoms. The van der Waals surface area contributed by atoms with E-state index in [0.29, 0.717) is 48.5 Å². The highest BCUT2D eigenvalue weighted by atomic mass is 16.6. The van der Waals surface area contributed by atoms with E-state index < -0.39 is 0 Å². The van der Waals surface area contributed by atoms with Crippen molar-refractivity contribution in [2.75, 3.05) is 18.5 Å². The molecule has 2 heterocycles. The van der Waals surface area contributed by atoms with Gasteiger partial charge in [-0.1, -0.05) is 35.5 Å². The molecular formula is C19H17N3O4. The minimum Gasteiger partial charge on any atom is -0.486 e. The first-order chi connectivity index (χ1) is 12.8. The number of carbonyl (C=O) groups excluding carboxylic acids is 1. The number of ether oxygens (including phenoxy) is 2. The summed E-state index contributed by atoms with van der Waals surface area (Å²) in [5.41, 5.74) is 1.54. The summed E-state index contributed by atoms with van der Waals surface area (Å²) in [5, 5.41) is 6.78. The van der Waals surface area contributed by atoms with Crippen LogP contribution in [0.4, 0.5) is 5.69 Å². The second kappa shape index (κ2) is 7.26. The van der Waals surface area contributed by atoms with E-state index in [2.05, 4.69) is 15.5 Å². The second-order valence-corrected chi connectivity index (χ2v) is 5.78. The summed E-state index contributed by atoms with van der Waals surface area (Å²) in [6, 6.07) is 14.9. The molecular weight excluding hydrogens is 334 g/mol.